The van der Waals surface area contributed by atoms with Gasteiger partial charge in [-0.25, -0.2) is 10.4 Å². The monoisotopic (exact) mass is 284 g/mol. The lowest BCUT2D eigenvalue weighted by molar-refractivity contribution is -0.121. The Kier molecular flexibility index (Phi) is 4.28. The number of benzene rings is 1. The zero-order valence-electron chi connectivity index (χ0n) is 12.1. The number of fused-ring (bicyclic) bond motifs is 1. The van der Waals surface area contributed by atoms with Crippen molar-refractivity contribution in [3.8, 4) is 0 Å². The van der Waals surface area contributed by atoms with E-state index in [1.54, 1.807) is 6.33 Å². The lowest BCUT2D eigenvalue weighted by Crippen LogP contribution is -2.24. The van der Waals surface area contributed by atoms with Gasteiger partial charge in [0.1, 0.15) is 6.54 Å². The number of hydrazone groups is 1. The van der Waals surface area contributed by atoms with Gasteiger partial charge in [-0.1, -0.05) is 25.0 Å². The molecule has 1 aliphatic rings. The first kappa shape index (κ1) is 13.8. The fourth-order valence-corrected chi connectivity index (χ4v) is 2.72. The highest BCUT2D eigenvalue weighted by Gasteiger charge is 2.08. The van der Waals surface area contributed by atoms with Gasteiger partial charge in [-0.3, -0.25) is 4.79 Å². The predicted octanol–water partition coefficient (Wildman–Crippen LogP) is 2.86. The summed E-state index contributed by atoms with van der Waals surface area (Å²) in [5, 5.41) is 4.29. The molecule has 0 radical (unpaired) electrons. The first-order valence-electron chi connectivity index (χ1n) is 7.57. The molecule has 0 atom stereocenters. The maximum atomic E-state index is 12.0. The number of hydrogen-bond donors (Lipinski definition) is 1. The Morgan fingerprint density at radius 2 is 1.95 bits per heavy atom. The van der Waals surface area contributed by atoms with E-state index in [2.05, 4.69) is 15.5 Å². The highest BCUT2D eigenvalue weighted by Crippen LogP contribution is 2.14. The van der Waals surface area contributed by atoms with Crippen molar-refractivity contribution in [3.05, 3.63) is 30.6 Å². The molecule has 1 fully saturated rings. The van der Waals surface area contributed by atoms with Gasteiger partial charge in [0, 0.05) is 5.71 Å². The summed E-state index contributed by atoms with van der Waals surface area (Å²) in [5.41, 5.74) is 5.68. The standard InChI is InChI=1S/C16H20N4O/c21-16(19-18-13-7-3-1-2-4-8-13)11-20-12-17-14-9-5-6-10-15(14)20/h5-6,9-10,12H,1-4,7-8,11H2,(H,19,21). The molecule has 0 unspecified atom stereocenters. The number of amides is 1. The van der Waals surface area contributed by atoms with Crippen molar-refractivity contribution >= 4 is 22.7 Å². The molecule has 1 aromatic heterocycles. The average molecular weight is 284 g/mol. The van der Waals surface area contributed by atoms with E-state index in [1.807, 2.05) is 28.8 Å². The maximum Gasteiger partial charge on any atom is 0.260 e. The molecule has 1 N–H and O–H groups in total. The molecule has 1 aliphatic carbocycles. The molecule has 1 saturated carbocycles. The second-order valence-corrected chi connectivity index (χ2v) is 5.49. The number of nitrogens with zero attached hydrogens (tertiary/aromatic N) is 3. The number of aromatic nitrogens is 2. The van der Waals surface area contributed by atoms with E-state index < -0.39 is 0 Å². The molecule has 3 rings (SSSR count). The molecule has 2 aromatic rings. The Balaban J connectivity index is 1.62. The van der Waals surface area contributed by atoms with E-state index in [0.717, 1.165) is 29.6 Å². The molecule has 1 aromatic carbocycles. The summed E-state index contributed by atoms with van der Waals surface area (Å²) >= 11 is 0. The van der Waals surface area contributed by atoms with Gasteiger partial charge >= 0.3 is 0 Å². The number of imidazole rings is 1. The van der Waals surface area contributed by atoms with Gasteiger partial charge in [0.05, 0.1) is 17.4 Å². The van der Waals surface area contributed by atoms with Crippen molar-refractivity contribution in [1.29, 1.82) is 0 Å². The van der Waals surface area contributed by atoms with Crippen LogP contribution in [-0.4, -0.2) is 21.2 Å². The zero-order chi connectivity index (χ0) is 14.5. The van der Waals surface area contributed by atoms with Crippen molar-refractivity contribution < 1.29 is 4.79 Å². The summed E-state index contributed by atoms with van der Waals surface area (Å²) in [4.78, 5) is 16.3. The highest BCUT2D eigenvalue weighted by atomic mass is 16.2. The summed E-state index contributed by atoms with van der Waals surface area (Å²) in [6.07, 6.45) is 8.62. The van der Waals surface area contributed by atoms with Crippen LogP contribution in [0, 0.1) is 0 Å². The van der Waals surface area contributed by atoms with Crippen LogP contribution in [0.5, 0.6) is 0 Å². The highest BCUT2D eigenvalue weighted by molar-refractivity contribution is 5.87. The van der Waals surface area contributed by atoms with Crippen LogP contribution in [0.2, 0.25) is 0 Å². The summed E-state index contributed by atoms with van der Waals surface area (Å²) in [6, 6.07) is 7.80. The second-order valence-electron chi connectivity index (χ2n) is 5.49. The SMILES string of the molecule is O=C(Cn1cnc2ccccc21)NN=C1CCCCCC1. The van der Waals surface area contributed by atoms with Crippen molar-refractivity contribution in [1.82, 2.24) is 15.0 Å². The van der Waals surface area contributed by atoms with Gasteiger partial charge in [-0.15, -0.1) is 0 Å². The third-order valence-electron chi connectivity index (χ3n) is 3.86. The van der Waals surface area contributed by atoms with Crippen LogP contribution in [0.1, 0.15) is 38.5 Å². The van der Waals surface area contributed by atoms with Gasteiger partial charge in [-0.2, -0.15) is 5.10 Å². The van der Waals surface area contributed by atoms with Crippen molar-refractivity contribution in [2.75, 3.05) is 0 Å². The largest absolute Gasteiger partial charge is 0.321 e. The minimum absolute atomic E-state index is 0.102. The number of carbonyl (C=O) groups is 1. The van der Waals surface area contributed by atoms with E-state index in [9.17, 15) is 4.79 Å². The molecule has 1 heterocycles. The second kappa shape index (κ2) is 6.52. The van der Waals surface area contributed by atoms with Crippen LogP contribution < -0.4 is 5.43 Å². The zero-order valence-corrected chi connectivity index (χ0v) is 12.1. The lowest BCUT2D eigenvalue weighted by Gasteiger charge is -2.05. The summed E-state index contributed by atoms with van der Waals surface area (Å²) in [7, 11) is 0. The van der Waals surface area contributed by atoms with Gasteiger partial charge in [0.2, 0.25) is 0 Å². The lowest BCUT2D eigenvalue weighted by atomic mass is 10.2. The molecular formula is C16H20N4O. The van der Waals surface area contributed by atoms with Crippen molar-refractivity contribution in [3.63, 3.8) is 0 Å². The Morgan fingerprint density at radius 1 is 1.19 bits per heavy atom. The smallest absolute Gasteiger partial charge is 0.260 e. The molecule has 0 bridgehead atoms. The summed E-state index contributed by atoms with van der Waals surface area (Å²) in [5.74, 6) is -0.102. The van der Waals surface area contributed by atoms with Crippen molar-refractivity contribution in [2.24, 2.45) is 5.10 Å². The maximum absolute atomic E-state index is 12.0. The Labute approximate surface area is 124 Å². The predicted molar refractivity (Wildman–Crippen MR) is 83.0 cm³/mol. The number of hydrogen-bond acceptors (Lipinski definition) is 3. The summed E-state index contributed by atoms with van der Waals surface area (Å²) in [6.45, 7) is 0.247. The molecule has 0 saturated heterocycles. The number of carbonyl (C=O) groups excluding carboxylic acids is 1. The Hall–Kier alpha value is -2.17. The van der Waals surface area contributed by atoms with E-state index in [0.29, 0.717) is 0 Å². The van der Waals surface area contributed by atoms with E-state index in [4.69, 9.17) is 0 Å². The Morgan fingerprint density at radius 3 is 2.76 bits per heavy atom. The van der Waals surface area contributed by atoms with Crippen LogP contribution in [-0.2, 0) is 11.3 Å². The Bertz CT molecular complexity index is 649. The number of nitrogens with one attached hydrogen (secondary N) is 1. The molecule has 1 amide bonds. The van der Waals surface area contributed by atoms with Crippen molar-refractivity contribution in [2.45, 2.75) is 45.1 Å². The number of rotatable bonds is 3. The molecule has 0 aliphatic heterocycles. The minimum Gasteiger partial charge on any atom is -0.321 e. The fraction of sp³-hybridized carbons (Fsp3) is 0.438. The molecule has 5 nitrogen and oxygen atoms in total. The number of para-hydroxylation sites is 2. The summed E-state index contributed by atoms with van der Waals surface area (Å²) < 4.78 is 1.85. The fourth-order valence-electron chi connectivity index (χ4n) is 2.72. The molecule has 21 heavy (non-hydrogen) atoms. The van der Waals surface area contributed by atoms with Gasteiger partial charge in [-0.05, 0) is 37.8 Å². The normalized spacial score (nSPS) is 15.7. The first-order valence-corrected chi connectivity index (χ1v) is 7.57. The van der Waals surface area contributed by atoms with Crippen LogP contribution in [0.4, 0.5) is 0 Å². The third-order valence-corrected chi connectivity index (χ3v) is 3.86. The third kappa shape index (κ3) is 3.48. The van der Waals surface area contributed by atoms with Crippen LogP contribution >= 0.6 is 0 Å². The van der Waals surface area contributed by atoms with E-state index in [1.165, 1.54) is 25.7 Å². The quantitative estimate of drug-likeness (QED) is 0.696. The first-order chi connectivity index (χ1) is 10.3. The molecule has 5 heteroatoms. The van der Waals surface area contributed by atoms with Crippen LogP contribution in [0.3, 0.4) is 0 Å². The van der Waals surface area contributed by atoms with E-state index >= 15 is 0 Å². The van der Waals surface area contributed by atoms with Crippen LogP contribution in [0.25, 0.3) is 11.0 Å². The molecule has 110 valence electrons. The van der Waals surface area contributed by atoms with Crippen LogP contribution in [0.15, 0.2) is 35.7 Å². The average Bonchev–Trinajstić information content (AvgIpc) is 2.73. The van der Waals surface area contributed by atoms with Gasteiger partial charge < -0.3 is 4.57 Å². The topological polar surface area (TPSA) is 59.3 Å². The minimum atomic E-state index is -0.102. The van der Waals surface area contributed by atoms with E-state index in [-0.39, 0.29) is 12.5 Å². The van der Waals surface area contributed by atoms with Gasteiger partial charge in [0.15, 0.2) is 0 Å². The van der Waals surface area contributed by atoms with Gasteiger partial charge in [0.25, 0.3) is 5.91 Å². The molecule has 0 spiro atoms. The molecular weight excluding hydrogens is 264 g/mol.